The van der Waals surface area contributed by atoms with Crippen molar-refractivity contribution in [1.29, 1.82) is 0 Å². The first kappa shape index (κ1) is 16.2. The van der Waals surface area contributed by atoms with Crippen LogP contribution in [-0.4, -0.2) is 29.8 Å². The third-order valence-electron chi connectivity index (χ3n) is 4.23. The van der Waals surface area contributed by atoms with E-state index in [4.69, 9.17) is 5.73 Å². The van der Waals surface area contributed by atoms with Crippen molar-refractivity contribution in [2.45, 2.75) is 18.9 Å². The van der Waals surface area contributed by atoms with E-state index in [-0.39, 0.29) is 11.8 Å². The van der Waals surface area contributed by atoms with Crippen LogP contribution in [0.2, 0.25) is 0 Å². The van der Waals surface area contributed by atoms with Crippen LogP contribution in [0.15, 0.2) is 54.6 Å². The lowest BCUT2D eigenvalue weighted by Gasteiger charge is -2.16. The number of hydrogen-bond donors (Lipinski definition) is 2. The summed E-state index contributed by atoms with van der Waals surface area (Å²) in [5.41, 5.74) is 8.00. The van der Waals surface area contributed by atoms with E-state index in [1.807, 2.05) is 35.2 Å². The molecular weight excluding hydrogens is 302 g/mol. The molecule has 3 rings (SSSR count). The normalized spacial score (nSPS) is 15.1. The Kier molecular flexibility index (Phi) is 4.91. The summed E-state index contributed by atoms with van der Waals surface area (Å²) < 4.78 is 0. The van der Waals surface area contributed by atoms with Gasteiger partial charge in [-0.2, -0.15) is 0 Å². The molecule has 5 nitrogen and oxygen atoms in total. The number of nitrogens with zero attached hydrogens (tertiary/aromatic N) is 1. The molecule has 0 spiro atoms. The highest BCUT2D eigenvalue weighted by molar-refractivity contribution is 5.97. The number of nitrogens with one attached hydrogen (secondary N) is 1. The number of hydrogen-bond acceptors (Lipinski definition) is 3. The van der Waals surface area contributed by atoms with Gasteiger partial charge in [0.05, 0.1) is 0 Å². The molecule has 2 aromatic carbocycles. The number of amides is 2. The molecule has 0 aromatic heterocycles. The summed E-state index contributed by atoms with van der Waals surface area (Å²) in [7, 11) is 0. The van der Waals surface area contributed by atoms with Crippen LogP contribution < -0.4 is 11.1 Å². The number of benzene rings is 2. The van der Waals surface area contributed by atoms with Crippen molar-refractivity contribution in [2.75, 3.05) is 18.4 Å². The van der Waals surface area contributed by atoms with Crippen molar-refractivity contribution in [2.24, 2.45) is 5.73 Å². The Labute approximate surface area is 141 Å². The van der Waals surface area contributed by atoms with Gasteiger partial charge in [0.15, 0.2) is 0 Å². The molecule has 0 aliphatic carbocycles. The van der Waals surface area contributed by atoms with Gasteiger partial charge in [-0.25, -0.2) is 0 Å². The number of carbonyl (C=O) groups is 2. The van der Waals surface area contributed by atoms with Gasteiger partial charge in [-0.15, -0.1) is 0 Å². The fourth-order valence-electron chi connectivity index (χ4n) is 2.83. The standard InChI is InChI=1S/C19H21N3O2/c20-17(14-6-2-1-3-7-14)18(23)21-16-10-8-15(9-11-16)19(24)22-12-4-5-13-22/h1-3,6-11,17H,4-5,12-13,20H2,(H,21,23). The third-order valence-corrected chi connectivity index (χ3v) is 4.23. The second-order valence-corrected chi connectivity index (χ2v) is 5.95. The average Bonchev–Trinajstić information content (AvgIpc) is 3.16. The molecule has 1 fully saturated rings. The second kappa shape index (κ2) is 7.27. The molecule has 3 N–H and O–H groups in total. The van der Waals surface area contributed by atoms with Crippen molar-refractivity contribution in [3.63, 3.8) is 0 Å². The minimum Gasteiger partial charge on any atom is -0.339 e. The Morgan fingerprint density at radius 3 is 2.21 bits per heavy atom. The average molecular weight is 323 g/mol. The minimum atomic E-state index is -0.725. The zero-order chi connectivity index (χ0) is 16.9. The van der Waals surface area contributed by atoms with E-state index in [2.05, 4.69) is 5.32 Å². The van der Waals surface area contributed by atoms with Gasteiger partial charge < -0.3 is 16.0 Å². The molecule has 1 heterocycles. The van der Waals surface area contributed by atoms with Gasteiger partial charge >= 0.3 is 0 Å². The molecular formula is C19H21N3O2. The molecule has 1 saturated heterocycles. The van der Waals surface area contributed by atoms with Gasteiger partial charge in [-0.1, -0.05) is 30.3 Å². The lowest BCUT2D eigenvalue weighted by atomic mass is 10.1. The molecule has 1 atom stereocenters. The predicted molar refractivity (Wildman–Crippen MR) is 93.6 cm³/mol. The topological polar surface area (TPSA) is 75.4 Å². The Morgan fingerprint density at radius 2 is 1.58 bits per heavy atom. The van der Waals surface area contributed by atoms with Gasteiger partial charge in [0.1, 0.15) is 6.04 Å². The maximum Gasteiger partial charge on any atom is 0.253 e. The van der Waals surface area contributed by atoms with Crippen LogP contribution in [0, 0.1) is 0 Å². The van der Waals surface area contributed by atoms with E-state index in [9.17, 15) is 9.59 Å². The van der Waals surface area contributed by atoms with Gasteiger partial charge in [-0.05, 0) is 42.7 Å². The van der Waals surface area contributed by atoms with Gasteiger partial charge in [0.25, 0.3) is 5.91 Å². The Bertz CT molecular complexity index is 707. The van der Waals surface area contributed by atoms with E-state index >= 15 is 0 Å². The van der Waals surface area contributed by atoms with Crippen LogP contribution in [-0.2, 0) is 4.79 Å². The van der Waals surface area contributed by atoms with Crippen molar-refractivity contribution < 1.29 is 9.59 Å². The maximum absolute atomic E-state index is 12.3. The monoisotopic (exact) mass is 323 g/mol. The van der Waals surface area contributed by atoms with Crippen LogP contribution in [0.25, 0.3) is 0 Å². The molecule has 124 valence electrons. The number of nitrogens with two attached hydrogens (primary N) is 1. The number of likely N-dealkylation sites (tertiary alicyclic amines) is 1. The van der Waals surface area contributed by atoms with E-state index in [0.29, 0.717) is 11.3 Å². The lowest BCUT2D eigenvalue weighted by Crippen LogP contribution is -2.28. The summed E-state index contributed by atoms with van der Waals surface area (Å²) in [6.07, 6.45) is 2.13. The molecule has 5 heteroatoms. The first-order chi connectivity index (χ1) is 11.6. The van der Waals surface area contributed by atoms with Crippen LogP contribution in [0.1, 0.15) is 34.8 Å². The van der Waals surface area contributed by atoms with Crippen LogP contribution in [0.4, 0.5) is 5.69 Å². The fraction of sp³-hybridized carbons (Fsp3) is 0.263. The van der Waals surface area contributed by atoms with E-state index in [0.717, 1.165) is 31.5 Å². The van der Waals surface area contributed by atoms with Crippen LogP contribution in [0.5, 0.6) is 0 Å². The van der Waals surface area contributed by atoms with E-state index in [1.54, 1.807) is 24.3 Å². The molecule has 2 aromatic rings. The Morgan fingerprint density at radius 1 is 0.958 bits per heavy atom. The minimum absolute atomic E-state index is 0.0476. The highest BCUT2D eigenvalue weighted by Crippen LogP contribution is 2.17. The summed E-state index contributed by atoms with van der Waals surface area (Å²) >= 11 is 0. The quantitative estimate of drug-likeness (QED) is 0.908. The van der Waals surface area contributed by atoms with Gasteiger partial charge in [0, 0.05) is 24.3 Å². The summed E-state index contributed by atoms with van der Waals surface area (Å²) in [5, 5.41) is 2.79. The third kappa shape index (κ3) is 3.63. The Hall–Kier alpha value is -2.66. The summed E-state index contributed by atoms with van der Waals surface area (Å²) in [5.74, 6) is -0.230. The van der Waals surface area contributed by atoms with E-state index in [1.165, 1.54) is 0 Å². The van der Waals surface area contributed by atoms with Crippen molar-refractivity contribution in [3.05, 3.63) is 65.7 Å². The van der Waals surface area contributed by atoms with Gasteiger partial charge in [-0.3, -0.25) is 9.59 Å². The summed E-state index contributed by atoms with van der Waals surface area (Å²) in [4.78, 5) is 26.4. The predicted octanol–water partition coefficient (Wildman–Crippen LogP) is 2.56. The molecule has 2 amide bonds. The zero-order valence-electron chi connectivity index (χ0n) is 13.4. The number of rotatable bonds is 4. The molecule has 0 bridgehead atoms. The lowest BCUT2D eigenvalue weighted by molar-refractivity contribution is -0.117. The largest absolute Gasteiger partial charge is 0.339 e. The van der Waals surface area contributed by atoms with Crippen molar-refractivity contribution in [1.82, 2.24) is 4.90 Å². The highest BCUT2D eigenvalue weighted by atomic mass is 16.2. The fourth-order valence-corrected chi connectivity index (χ4v) is 2.83. The number of anilines is 1. The maximum atomic E-state index is 12.3. The van der Waals surface area contributed by atoms with Crippen LogP contribution >= 0.6 is 0 Å². The molecule has 1 unspecified atom stereocenters. The second-order valence-electron chi connectivity index (χ2n) is 5.95. The summed E-state index contributed by atoms with van der Waals surface area (Å²) in [6, 6.07) is 15.4. The van der Waals surface area contributed by atoms with Gasteiger partial charge in [0.2, 0.25) is 5.91 Å². The van der Waals surface area contributed by atoms with Crippen LogP contribution in [0.3, 0.4) is 0 Å². The molecule has 24 heavy (non-hydrogen) atoms. The van der Waals surface area contributed by atoms with E-state index < -0.39 is 6.04 Å². The SMILES string of the molecule is NC(C(=O)Nc1ccc(C(=O)N2CCCC2)cc1)c1ccccc1. The van der Waals surface area contributed by atoms with Crippen molar-refractivity contribution >= 4 is 17.5 Å². The molecule has 0 radical (unpaired) electrons. The number of carbonyl (C=O) groups excluding carboxylic acids is 2. The molecule has 0 saturated carbocycles. The zero-order valence-corrected chi connectivity index (χ0v) is 13.4. The Balaban J connectivity index is 1.63. The van der Waals surface area contributed by atoms with Crippen molar-refractivity contribution in [3.8, 4) is 0 Å². The molecule has 1 aliphatic heterocycles. The first-order valence-electron chi connectivity index (χ1n) is 8.16. The first-order valence-corrected chi connectivity index (χ1v) is 8.16. The summed E-state index contributed by atoms with van der Waals surface area (Å²) in [6.45, 7) is 1.65. The highest BCUT2D eigenvalue weighted by Gasteiger charge is 2.20. The smallest absolute Gasteiger partial charge is 0.253 e. The molecule has 1 aliphatic rings.